The lowest BCUT2D eigenvalue weighted by atomic mass is 10.1. The van der Waals surface area contributed by atoms with Crippen LogP contribution >= 0.6 is 23.4 Å². The lowest BCUT2D eigenvalue weighted by Gasteiger charge is -2.16. The van der Waals surface area contributed by atoms with Crippen LogP contribution in [0.1, 0.15) is 43.3 Å². The molecule has 2 aromatic carbocycles. The fraction of sp³-hybridized carbons (Fsp3) is 0.286. The molecule has 0 fully saturated rings. The molecule has 1 amide bonds. The number of carbonyl (C=O) groups is 1. The van der Waals surface area contributed by atoms with Crippen LogP contribution in [-0.4, -0.2) is 20.7 Å². The van der Waals surface area contributed by atoms with Crippen LogP contribution < -0.4 is 5.32 Å². The molecule has 3 rings (SSSR count). The number of alkyl halides is 3. The van der Waals surface area contributed by atoms with Gasteiger partial charge in [-0.15, -0.1) is 10.2 Å². The van der Waals surface area contributed by atoms with E-state index in [-0.39, 0.29) is 11.7 Å². The van der Waals surface area contributed by atoms with E-state index in [1.165, 1.54) is 17.8 Å². The van der Waals surface area contributed by atoms with Crippen LogP contribution in [-0.2, 0) is 16.7 Å². The van der Waals surface area contributed by atoms with Gasteiger partial charge in [0.15, 0.2) is 11.0 Å². The van der Waals surface area contributed by atoms with Gasteiger partial charge in [-0.25, -0.2) is 0 Å². The molecule has 0 radical (unpaired) electrons. The summed E-state index contributed by atoms with van der Waals surface area (Å²) >= 11 is 7.40. The van der Waals surface area contributed by atoms with Crippen LogP contribution in [0.3, 0.4) is 0 Å². The van der Waals surface area contributed by atoms with Gasteiger partial charge in [-0.1, -0.05) is 54.6 Å². The van der Waals surface area contributed by atoms with Gasteiger partial charge in [-0.2, -0.15) is 13.2 Å². The average Bonchev–Trinajstić information content (AvgIpc) is 3.16. The van der Waals surface area contributed by atoms with Crippen LogP contribution in [0.2, 0.25) is 5.02 Å². The summed E-state index contributed by atoms with van der Waals surface area (Å²) in [7, 11) is 0. The number of hydrogen-bond donors (Lipinski definition) is 1. The number of rotatable bonds is 7. The summed E-state index contributed by atoms with van der Waals surface area (Å²) in [5.74, 6) is 0.625. The molecule has 0 spiro atoms. The maximum Gasteiger partial charge on any atom is 0.416 e. The van der Waals surface area contributed by atoms with Crippen LogP contribution in [0.5, 0.6) is 0 Å². The fourth-order valence-corrected chi connectivity index (χ4v) is 3.99. The number of nitrogens with one attached hydrogen (secondary N) is 1. The van der Waals surface area contributed by atoms with E-state index >= 15 is 0 Å². The third-order valence-corrected chi connectivity index (χ3v) is 5.67. The number of nitrogens with zero attached hydrogens (tertiary/aromatic N) is 3. The van der Waals surface area contributed by atoms with Crippen molar-refractivity contribution in [3.8, 4) is 5.69 Å². The smallest absolute Gasteiger partial charge is 0.346 e. The zero-order valence-corrected chi connectivity index (χ0v) is 18.4. The van der Waals surface area contributed by atoms with Crippen LogP contribution in [0.25, 0.3) is 5.69 Å². The number of benzene rings is 2. The van der Waals surface area contributed by atoms with Crippen molar-refractivity contribution in [1.29, 1.82) is 0 Å². The van der Waals surface area contributed by atoms with Crippen molar-refractivity contribution in [2.24, 2.45) is 0 Å². The van der Waals surface area contributed by atoms with Crippen molar-refractivity contribution in [1.82, 2.24) is 20.1 Å². The first-order chi connectivity index (χ1) is 14.7. The number of aromatic nitrogens is 3. The van der Waals surface area contributed by atoms with E-state index in [1.807, 2.05) is 6.07 Å². The normalized spacial score (nSPS) is 12.6. The molecule has 0 aliphatic rings. The number of thioether (sulfide) groups is 1. The summed E-state index contributed by atoms with van der Waals surface area (Å²) in [5, 5.41) is 12.3. The fourth-order valence-electron chi connectivity index (χ4n) is 2.91. The predicted molar refractivity (Wildman–Crippen MR) is 114 cm³/mol. The van der Waals surface area contributed by atoms with Gasteiger partial charge >= 0.3 is 6.18 Å². The zero-order valence-electron chi connectivity index (χ0n) is 16.8. The topological polar surface area (TPSA) is 59.8 Å². The minimum atomic E-state index is -4.40. The first-order valence-electron chi connectivity index (χ1n) is 9.48. The lowest BCUT2D eigenvalue weighted by molar-refractivity contribution is -0.137. The van der Waals surface area contributed by atoms with Gasteiger partial charge in [0.05, 0.1) is 17.3 Å². The quantitative estimate of drug-likeness (QED) is 0.444. The zero-order chi connectivity index (χ0) is 22.6. The molecule has 5 nitrogen and oxygen atoms in total. The molecule has 1 atom stereocenters. The number of carbonyl (C=O) groups excluding carboxylic acids is 1. The summed E-state index contributed by atoms with van der Waals surface area (Å²) in [4.78, 5) is 11.8. The molecular weight excluding hydrogens is 449 g/mol. The standard InChI is InChI=1S/C21H20ClF3N4OS/c1-3-18(30)26-13(2)19-27-28-20(29(19)17-9-5-8-16(22)11-17)31-12-14-6-4-7-15(10-14)21(23,24)25/h4-11,13H,3,12H2,1-2H3,(H,26,30)/t13-/m1/s1. The maximum absolute atomic E-state index is 13.0. The van der Waals surface area contributed by atoms with E-state index in [0.717, 1.165) is 12.1 Å². The Labute approximate surface area is 187 Å². The van der Waals surface area contributed by atoms with E-state index in [9.17, 15) is 18.0 Å². The van der Waals surface area contributed by atoms with E-state index < -0.39 is 17.8 Å². The van der Waals surface area contributed by atoms with Crippen molar-refractivity contribution in [3.05, 3.63) is 70.5 Å². The second-order valence-corrected chi connectivity index (χ2v) is 8.16. The van der Waals surface area contributed by atoms with Gasteiger partial charge < -0.3 is 5.32 Å². The van der Waals surface area contributed by atoms with Crippen LogP contribution in [0.15, 0.2) is 53.7 Å². The highest BCUT2D eigenvalue weighted by atomic mass is 35.5. The van der Waals surface area contributed by atoms with Crippen LogP contribution in [0, 0.1) is 0 Å². The monoisotopic (exact) mass is 468 g/mol. The number of halogens is 4. The minimum Gasteiger partial charge on any atom is -0.346 e. The summed E-state index contributed by atoms with van der Waals surface area (Å²) < 4.78 is 40.8. The van der Waals surface area contributed by atoms with Gasteiger partial charge in [-0.3, -0.25) is 9.36 Å². The summed E-state index contributed by atoms with van der Waals surface area (Å²) in [6, 6.07) is 11.8. The molecule has 3 aromatic rings. The molecule has 10 heteroatoms. The van der Waals surface area contributed by atoms with Crippen molar-refractivity contribution in [2.45, 2.75) is 43.4 Å². The molecule has 1 heterocycles. The number of hydrogen-bond acceptors (Lipinski definition) is 4. The molecule has 0 saturated carbocycles. The molecule has 0 bridgehead atoms. The van der Waals surface area contributed by atoms with Crippen molar-refractivity contribution >= 4 is 29.3 Å². The molecule has 1 aromatic heterocycles. The third kappa shape index (κ3) is 5.80. The van der Waals surface area contributed by atoms with Gasteiger partial charge in [0.1, 0.15) is 0 Å². The first-order valence-corrected chi connectivity index (χ1v) is 10.8. The Hall–Kier alpha value is -2.52. The molecule has 0 aliphatic heterocycles. The van der Waals surface area contributed by atoms with Gasteiger partial charge in [0.25, 0.3) is 0 Å². The summed E-state index contributed by atoms with van der Waals surface area (Å²) in [5.41, 5.74) is 0.504. The molecule has 0 saturated heterocycles. The highest BCUT2D eigenvalue weighted by Gasteiger charge is 2.30. The number of amides is 1. The highest BCUT2D eigenvalue weighted by molar-refractivity contribution is 7.98. The second-order valence-electron chi connectivity index (χ2n) is 6.79. The first kappa shape index (κ1) is 23.1. The Bertz CT molecular complexity index is 1070. The highest BCUT2D eigenvalue weighted by Crippen LogP contribution is 2.32. The summed E-state index contributed by atoms with van der Waals surface area (Å²) in [6.07, 6.45) is -4.08. The summed E-state index contributed by atoms with van der Waals surface area (Å²) in [6.45, 7) is 3.54. The Kier molecular flexibility index (Phi) is 7.27. The average molecular weight is 469 g/mol. The Balaban J connectivity index is 1.92. The predicted octanol–water partition coefficient (Wildman–Crippen LogP) is 5.82. The van der Waals surface area contributed by atoms with E-state index in [2.05, 4.69) is 15.5 Å². The minimum absolute atomic E-state index is 0.133. The van der Waals surface area contributed by atoms with Crippen molar-refractivity contribution < 1.29 is 18.0 Å². The van der Waals surface area contributed by atoms with Crippen molar-refractivity contribution in [3.63, 3.8) is 0 Å². The van der Waals surface area contributed by atoms with Gasteiger partial charge in [0.2, 0.25) is 5.91 Å². The Morgan fingerprint density at radius 1 is 1.19 bits per heavy atom. The van der Waals surface area contributed by atoms with E-state index in [4.69, 9.17) is 11.6 Å². The largest absolute Gasteiger partial charge is 0.416 e. The van der Waals surface area contributed by atoms with Gasteiger partial charge in [0, 0.05) is 17.2 Å². The molecule has 0 aliphatic carbocycles. The van der Waals surface area contributed by atoms with E-state index in [1.54, 1.807) is 42.7 Å². The third-order valence-electron chi connectivity index (χ3n) is 4.43. The SMILES string of the molecule is CCC(=O)N[C@H](C)c1nnc(SCc2cccc(C(F)(F)F)c2)n1-c1cccc(Cl)c1. The van der Waals surface area contributed by atoms with Crippen LogP contribution in [0.4, 0.5) is 13.2 Å². The van der Waals surface area contributed by atoms with Crippen molar-refractivity contribution in [2.75, 3.05) is 0 Å². The molecule has 1 N–H and O–H groups in total. The molecule has 31 heavy (non-hydrogen) atoms. The molecule has 0 unspecified atom stereocenters. The second kappa shape index (κ2) is 9.74. The molecule has 164 valence electrons. The lowest BCUT2D eigenvalue weighted by Crippen LogP contribution is -2.27. The molecular formula is C21H20ClF3N4OS. The van der Waals surface area contributed by atoms with E-state index in [0.29, 0.717) is 33.7 Å². The maximum atomic E-state index is 13.0. The Morgan fingerprint density at radius 2 is 1.94 bits per heavy atom. The Morgan fingerprint density at radius 3 is 2.61 bits per heavy atom. The van der Waals surface area contributed by atoms with Gasteiger partial charge in [-0.05, 0) is 36.8 Å².